The summed E-state index contributed by atoms with van der Waals surface area (Å²) < 4.78 is 11.5. The van der Waals surface area contributed by atoms with Crippen LogP contribution >= 0.6 is 0 Å². The quantitative estimate of drug-likeness (QED) is 0.492. The Kier molecular flexibility index (Phi) is 8.74. The zero-order chi connectivity index (χ0) is 17.7. The van der Waals surface area contributed by atoms with E-state index in [1.54, 1.807) is 0 Å². The van der Waals surface area contributed by atoms with Gasteiger partial charge in [-0.1, -0.05) is 50.3 Å². The van der Waals surface area contributed by atoms with E-state index in [-0.39, 0.29) is 0 Å². The van der Waals surface area contributed by atoms with Gasteiger partial charge >= 0.3 is 0 Å². The van der Waals surface area contributed by atoms with Gasteiger partial charge in [0.05, 0.1) is 6.61 Å². The lowest BCUT2D eigenvalue weighted by molar-refractivity contribution is 0.304. The first-order valence-electron chi connectivity index (χ1n) is 9.44. The minimum Gasteiger partial charge on any atom is -0.494 e. The molecule has 0 unspecified atom stereocenters. The molecule has 0 heterocycles. The average molecular weight is 341 g/mol. The Morgan fingerprint density at radius 1 is 0.720 bits per heavy atom. The fraction of sp³-hybridized carbons (Fsp3) is 0.455. The standard InChI is InChI=1S/C22H31NO2/c1-3-4-5-6-7-17-24-22-14-10-20(11-15-22)23-16-18-25-21-12-8-19(2)9-13-21/h8-15,23H,3-7,16-18H2,1-2H3. The molecule has 0 aromatic heterocycles. The van der Waals surface area contributed by atoms with E-state index in [0.29, 0.717) is 6.61 Å². The summed E-state index contributed by atoms with van der Waals surface area (Å²) in [6, 6.07) is 16.3. The number of aryl methyl sites for hydroxylation is 1. The van der Waals surface area contributed by atoms with Crippen LogP contribution in [-0.4, -0.2) is 19.8 Å². The van der Waals surface area contributed by atoms with Crippen LogP contribution in [0.15, 0.2) is 48.5 Å². The first kappa shape index (κ1) is 19.2. The molecule has 0 saturated carbocycles. The largest absolute Gasteiger partial charge is 0.494 e. The summed E-state index contributed by atoms with van der Waals surface area (Å²) in [6.07, 6.45) is 6.32. The number of hydrogen-bond acceptors (Lipinski definition) is 3. The van der Waals surface area contributed by atoms with Gasteiger partial charge in [0.2, 0.25) is 0 Å². The zero-order valence-electron chi connectivity index (χ0n) is 15.6. The van der Waals surface area contributed by atoms with E-state index in [4.69, 9.17) is 9.47 Å². The van der Waals surface area contributed by atoms with Crippen molar-refractivity contribution in [1.82, 2.24) is 0 Å². The number of rotatable bonds is 12. The van der Waals surface area contributed by atoms with Crippen molar-refractivity contribution in [2.24, 2.45) is 0 Å². The molecule has 136 valence electrons. The number of anilines is 1. The molecule has 0 bridgehead atoms. The number of unbranched alkanes of at least 4 members (excludes halogenated alkanes) is 4. The Morgan fingerprint density at radius 2 is 1.32 bits per heavy atom. The van der Waals surface area contributed by atoms with Crippen LogP contribution in [0.3, 0.4) is 0 Å². The summed E-state index contributed by atoms with van der Waals surface area (Å²) in [5, 5.41) is 3.36. The first-order valence-corrected chi connectivity index (χ1v) is 9.44. The Bertz CT molecular complexity index is 578. The summed E-state index contributed by atoms with van der Waals surface area (Å²) >= 11 is 0. The predicted octanol–water partition coefficient (Wildman–Crippen LogP) is 5.84. The zero-order valence-corrected chi connectivity index (χ0v) is 15.6. The SMILES string of the molecule is CCCCCCCOc1ccc(NCCOc2ccc(C)cc2)cc1. The molecule has 0 amide bonds. The molecule has 3 nitrogen and oxygen atoms in total. The van der Waals surface area contributed by atoms with Gasteiger partial charge < -0.3 is 14.8 Å². The molecule has 0 aliphatic carbocycles. The number of nitrogens with one attached hydrogen (secondary N) is 1. The third kappa shape index (κ3) is 7.97. The minimum atomic E-state index is 0.638. The lowest BCUT2D eigenvalue weighted by Crippen LogP contribution is -2.11. The van der Waals surface area contributed by atoms with Crippen LogP contribution in [0, 0.1) is 6.92 Å². The van der Waals surface area contributed by atoms with Crippen LogP contribution in [0.4, 0.5) is 5.69 Å². The van der Waals surface area contributed by atoms with Gasteiger partial charge in [-0.25, -0.2) is 0 Å². The van der Waals surface area contributed by atoms with Gasteiger partial charge in [-0.2, -0.15) is 0 Å². The van der Waals surface area contributed by atoms with Crippen LogP contribution < -0.4 is 14.8 Å². The first-order chi connectivity index (χ1) is 12.3. The van der Waals surface area contributed by atoms with Crippen LogP contribution in [0.1, 0.15) is 44.6 Å². The molecule has 0 spiro atoms. The molecule has 2 aromatic rings. The van der Waals surface area contributed by atoms with Gasteiger partial charge in [-0.05, 0) is 49.7 Å². The second kappa shape index (κ2) is 11.4. The molecular weight excluding hydrogens is 310 g/mol. The fourth-order valence-electron chi connectivity index (χ4n) is 2.56. The summed E-state index contributed by atoms with van der Waals surface area (Å²) in [5.74, 6) is 1.85. The van der Waals surface area contributed by atoms with Crippen molar-refractivity contribution in [2.45, 2.75) is 46.0 Å². The summed E-state index contributed by atoms with van der Waals surface area (Å²) in [6.45, 7) is 6.53. The summed E-state index contributed by atoms with van der Waals surface area (Å²) in [4.78, 5) is 0. The lowest BCUT2D eigenvalue weighted by Gasteiger charge is -2.10. The van der Waals surface area contributed by atoms with Crippen molar-refractivity contribution in [1.29, 1.82) is 0 Å². The maximum Gasteiger partial charge on any atom is 0.119 e. The molecule has 0 saturated heterocycles. The van der Waals surface area contributed by atoms with E-state index in [1.807, 2.05) is 24.3 Å². The molecule has 2 aromatic carbocycles. The Balaban J connectivity index is 1.59. The maximum absolute atomic E-state index is 5.78. The highest BCUT2D eigenvalue weighted by Gasteiger charge is 1.97. The Morgan fingerprint density at radius 3 is 2.00 bits per heavy atom. The molecule has 0 radical (unpaired) electrons. The number of ether oxygens (including phenoxy) is 2. The van der Waals surface area contributed by atoms with Crippen molar-refractivity contribution in [3.63, 3.8) is 0 Å². The third-order valence-electron chi connectivity index (χ3n) is 4.09. The average Bonchev–Trinajstić information content (AvgIpc) is 2.64. The molecule has 2 rings (SSSR count). The van der Waals surface area contributed by atoms with Crippen LogP contribution in [0.2, 0.25) is 0 Å². The van der Waals surface area contributed by atoms with Gasteiger partial charge in [-0.15, -0.1) is 0 Å². The third-order valence-corrected chi connectivity index (χ3v) is 4.09. The van der Waals surface area contributed by atoms with E-state index < -0.39 is 0 Å². The molecule has 3 heteroatoms. The van der Waals surface area contributed by atoms with Crippen molar-refractivity contribution < 1.29 is 9.47 Å². The van der Waals surface area contributed by atoms with E-state index >= 15 is 0 Å². The van der Waals surface area contributed by atoms with Crippen LogP contribution in [-0.2, 0) is 0 Å². The molecule has 0 aliphatic rings. The van der Waals surface area contributed by atoms with Crippen LogP contribution in [0.5, 0.6) is 11.5 Å². The van der Waals surface area contributed by atoms with Gasteiger partial charge in [0, 0.05) is 12.2 Å². The molecular formula is C22H31NO2. The number of hydrogen-bond donors (Lipinski definition) is 1. The van der Waals surface area contributed by atoms with Crippen molar-refractivity contribution >= 4 is 5.69 Å². The highest BCUT2D eigenvalue weighted by molar-refractivity contribution is 5.46. The van der Waals surface area contributed by atoms with E-state index in [0.717, 1.165) is 36.8 Å². The number of benzene rings is 2. The summed E-state index contributed by atoms with van der Waals surface area (Å²) in [7, 11) is 0. The smallest absolute Gasteiger partial charge is 0.119 e. The highest BCUT2D eigenvalue weighted by atomic mass is 16.5. The monoisotopic (exact) mass is 341 g/mol. The van der Waals surface area contributed by atoms with Crippen molar-refractivity contribution in [3.8, 4) is 11.5 Å². The Hall–Kier alpha value is -2.16. The lowest BCUT2D eigenvalue weighted by atomic mass is 10.2. The normalized spacial score (nSPS) is 10.5. The second-order valence-electron chi connectivity index (χ2n) is 6.38. The van der Waals surface area contributed by atoms with E-state index in [1.165, 1.54) is 31.2 Å². The second-order valence-corrected chi connectivity index (χ2v) is 6.38. The van der Waals surface area contributed by atoms with Crippen LogP contribution in [0.25, 0.3) is 0 Å². The van der Waals surface area contributed by atoms with E-state index in [9.17, 15) is 0 Å². The molecule has 25 heavy (non-hydrogen) atoms. The van der Waals surface area contributed by atoms with Gasteiger partial charge in [0.15, 0.2) is 0 Å². The van der Waals surface area contributed by atoms with Gasteiger partial charge in [0.1, 0.15) is 18.1 Å². The molecule has 0 atom stereocenters. The van der Waals surface area contributed by atoms with Crippen molar-refractivity contribution in [3.05, 3.63) is 54.1 Å². The fourth-order valence-corrected chi connectivity index (χ4v) is 2.56. The molecule has 0 fully saturated rings. The highest BCUT2D eigenvalue weighted by Crippen LogP contribution is 2.16. The van der Waals surface area contributed by atoms with Gasteiger partial charge in [0.25, 0.3) is 0 Å². The van der Waals surface area contributed by atoms with E-state index in [2.05, 4.69) is 43.4 Å². The maximum atomic E-state index is 5.78. The topological polar surface area (TPSA) is 30.5 Å². The predicted molar refractivity (Wildman–Crippen MR) is 106 cm³/mol. The van der Waals surface area contributed by atoms with Gasteiger partial charge in [-0.3, -0.25) is 0 Å². The Labute approximate surface area is 152 Å². The molecule has 1 N–H and O–H groups in total. The van der Waals surface area contributed by atoms with Crippen molar-refractivity contribution in [2.75, 3.05) is 25.1 Å². The summed E-state index contributed by atoms with van der Waals surface area (Å²) in [5.41, 5.74) is 2.33. The minimum absolute atomic E-state index is 0.638. The molecule has 0 aliphatic heterocycles.